The molecule has 3 rings (SSSR count). The second-order valence-electron chi connectivity index (χ2n) is 5.85. The van der Waals surface area contributed by atoms with Gasteiger partial charge in [0.25, 0.3) is 10.0 Å². The summed E-state index contributed by atoms with van der Waals surface area (Å²) in [5.74, 6) is 0.263. The SMILES string of the molecule is CCn1cncc1S(=O)(=O)N1C[C@@H](CN)[C@H](c2ccccc2)C1.Cl. The molecule has 6 nitrogen and oxygen atoms in total. The molecule has 0 saturated carbocycles. The topological polar surface area (TPSA) is 81.2 Å². The Hall–Kier alpha value is -1.41. The van der Waals surface area contributed by atoms with Crippen molar-refractivity contribution in [1.29, 1.82) is 0 Å². The highest BCUT2D eigenvalue weighted by atomic mass is 35.5. The maximum Gasteiger partial charge on any atom is 0.260 e. The summed E-state index contributed by atoms with van der Waals surface area (Å²) in [6.07, 6.45) is 2.98. The number of sulfonamides is 1. The number of aromatic nitrogens is 2. The van der Waals surface area contributed by atoms with Crippen molar-refractivity contribution in [2.24, 2.45) is 11.7 Å². The van der Waals surface area contributed by atoms with Gasteiger partial charge in [-0.1, -0.05) is 30.3 Å². The Morgan fingerprint density at radius 1 is 1.25 bits per heavy atom. The molecule has 8 heteroatoms. The molecule has 0 amide bonds. The number of imidazole rings is 1. The van der Waals surface area contributed by atoms with Crippen LogP contribution in [0.15, 0.2) is 47.9 Å². The monoisotopic (exact) mass is 370 g/mol. The molecule has 1 fully saturated rings. The minimum Gasteiger partial charge on any atom is -0.330 e. The first-order chi connectivity index (χ1) is 11.1. The van der Waals surface area contributed by atoms with E-state index < -0.39 is 10.0 Å². The van der Waals surface area contributed by atoms with Crippen molar-refractivity contribution >= 4 is 22.4 Å². The predicted molar refractivity (Wildman–Crippen MR) is 95.6 cm³/mol. The summed E-state index contributed by atoms with van der Waals surface area (Å²) in [4.78, 5) is 3.98. The number of hydrogen-bond acceptors (Lipinski definition) is 4. The van der Waals surface area contributed by atoms with Gasteiger partial charge < -0.3 is 10.3 Å². The van der Waals surface area contributed by atoms with Gasteiger partial charge in [-0.15, -0.1) is 12.4 Å². The second kappa shape index (κ2) is 7.65. The smallest absolute Gasteiger partial charge is 0.260 e. The highest BCUT2D eigenvalue weighted by Gasteiger charge is 2.40. The van der Waals surface area contributed by atoms with E-state index in [2.05, 4.69) is 4.98 Å². The number of benzene rings is 1. The Labute approximate surface area is 149 Å². The third kappa shape index (κ3) is 3.35. The van der Waals surface area contributed by atoms with Crippen molar-refractivity contribution in [2.75, 3.05) is 19.6 Å². The molecule has 0 spiro atoms. The number of rotatable bonds is 5. The normalized spacial score (nSPS) is 21.6. The third-order valence-electron chi connectivity index (χ3n) is 4.56. The Bertz CT molecular complexity index is 763. The lowest BCUT2D eigenvalue weighted by molar-refractivity contribution is 0.451. The van der Waals surface area contributed by atoms with Gasteiger partial charge in [-0.2, -0.15) is 4.31 Å². The zero-order valence-electron chi connectivity index (χ0n) is 13.6. The molecular weight excluding hydrogens is 348 g/mol. The maximum absolute atomic E-state index is 12.9. The van der Waals surface area contributed by atoms with Gasteiger partial charge in [0.15, 0.2) is 5.03 Å². The van der Waals surface area contributed by atoms with Crippen LogP contribution in [-0.4, -0.2) is 41.9 Å². The summed E-state index contributed by atoms with van der Waals surface area (Å²) in [6.45, 7) is 3.86. The molecule has 1 aliphatic heterocycles. The molecule has 1 aromatic heterocycles. The van der Waals surface area contributed by atoms with E-state index in [1.807, 2.05) is 37.3 Å². The highest BCUT2D eigenvalue weighted by molar-refractivity contribution is 7.89. The predicted octanol–water partition coefficient (Wildman–Crippen LogP) is 1.69. The first-order valence-electron chi connectivity index (χ1n) is 7.83. The number of halogens is 1. The van der Waals surface area contributed by atoms with Crippen molar-refractivity contribution in [1.82, 2.24) is 13.9 Å². The van der Waals surface area contributed by atoms with Crippen LogP contribution in [-0.2, 0) is 16.6 Å². The summed E-state index contributed by atoms with van der Waals surface area (Å²) in [5.41, 5.74) is 7.05. The molecule has 1 saturated heterocycles. The molecule has 2 heterocycles. The quantitative estimate of drug-likeness (QED) is 0.868. The van der Waals surface area contributed by atoms with Gasteiger partial charge in [-0.25, -0.2) is 13.4 Å². The fraction of sp³-hybridized carbons (Fsp3) is 0.438. The molecule has 0 bridgehead atoms. The number of nitrogens with zero attached hydrogens (tertiary/aromatic N) is 3. The van der Waals surface area contributed by atoms with Crippen molar-refractivity contribution in [2.45, 2.75) is 24.4 Å². The van der Waals surface area contributed by atoms with Crippen molar-refractivity contribution in [3.05, 3.63) is 48.4 Å². The summed E-state index contributed by atoms with van der Waals surface area (Å²) in [7, 11) is -3.54. The van der Waals surface area contributed by atoms with Gasteiger partial charge in [-0.3, -0.25) is 0 Å². The lowest BCUT2D eigenvalue weighted by atomic mass is 9.89. The first-order valence-corrected chi connectivity index (χ1v) is 9.27. The molecule has 1 aliphatic rings. The van der Waals surface area contributed by atoms with Crippen LogP contribution in [0, 0.1) is 5.92 Å². The fourth-order valence-electron chi connectivity index (χ4n) is 3.24. The van der Waals surface area contributed by atoms with Crippen LogP contribution >= 0.6 is 12.4 Å². The maximum atomic E-state index is 12.9. The molecule has 0 aliphatic carbocycles. The van der Waals surface area contributed by atoms with E-state index in [0.717, 1.165) is 5.56 Å². The Balaban J connectivity index is 0.00000208. The first kappa shape index (κ1) is 18.9. The van der Waals surface area contributed by atoms with E-state index in [0.29, 0.717) is 26.2 Å². The van der Waals surface area contributed by atoms with Gasteiger partial charge >= 0.3 is 0 Å². The largest absolute Gasteiger partial charge is 0.330 e. The molecule has 0 unspecified atom stereocenters. The van der Waals surface area contributed by atoms with E-state index in [1.165, 1.54) is 6.20 Å². The van der Waals surface area contributed by atoms with Crippen LogP contribution in [0.4, 0.5) is 0 Å². The Morgan fingerprint density at radius 3 is 2.58 bits per heavy atom. The van der Waals surface area contributed by atoms with E-state index in [-0.39, 0.29) is 29.3 Å². The van der Waals surface area contributed by atoms with Crippen LogP contribution in [0.1, 0.15) is 18.4 Å². The number of nitrogens with two attached hydrogens (primary N) is 1. The van der Waals surface area contributed by atoms with Gasteiger partial charge in [0, 0.05) is 25.6 Å². The van der Waals surface area contributed by atoms with Gasteiger partial charge in [-0.05, 0) is 24.9 Å². The fourth-order valence-corrected chi connectivity index (χ4v) is 4.91. The highest BCUT2D eigenvalue weighted by Crippen LogP contribution is 2.35. The average molecular weight is 371 g/mol. The Morgan fingerprint density at radius 2 is 1.96 bits per heavy atom. The minimum atomic E-state index is -3.54. The molecule has 0 radical (unpaired) electrons. The molecule has 2 N–H and O–H groups in total. The second-order valence-corrected chi connectivity index (χ2v) is 7.74. The van der Waals surface area contributed by atoms with Crippen molar-refractivity contribution in [3.8, 4) is 0 Å². The minimum absolute atomic E-state index is 0. The third-order valence-corrected chi connectivity index (χ3v) is 6.40. The number of hydrogen-bond donors (Lipinski definition) is 1. The average Bonchev–Trinajstić information content (AvgIpc) is 3.22. The zero-order chi connectivity index (χ0) is 16.4. The molecule has 2 aromatic rings. The van der Waals surface area contributed by atoms with Crippen LogP contribution in [0.3, 0.4) is 0 Å². The van der Waals surface area contributed by atoms with Crippen molar-refractivity contribution < 1.29 is 8.42 Å². The van der Waals surface area contributed by atoms with Gasteiger partial charge in [0.2, 0.25) is 0 Å². The lowest BCUT2D eigenvalue weighted by Crippen LogP contribution is -2.31. The summed E-state index contributed by atoms with van der Waals surface area (Å²) in [6, 6.07) is 10.0. The summed E-state index contributed by atoms with van der Waals surface area (Å²) >= 11 is 0. The summed E-state index contributed by atoms with van der Waals surface area (Å²) in [5, 5.41) is 0.254. The van der Waals surface area contributed by atoms with Crippen LogP contribution in [0.2, 0.25) is 0 Å². The molecule has 132 valence electrons. The van der Waals surface area contributed by atoms with E-state index in [4.69, 9.17) is 5.73 Å². The Kier molecular flexibility index (Phi) is 6.03. The van der Waals surface area contributed by atoms with Crippen LogP contribution in [0.25, 0.3) is 0 Å². The molecule has 1 aromatic carbocycles. The zero-order valence-corrected chi connectivity index (χ0v) is 15.2. The standard InChI is InChI=1S/C16H22N4O2S.ClH/c1-2-19-12-18-9-16(19)23(21,22)20-10-14(8-17)15(11-20)13-6-4-3-5-7-13;/h3-7,9,12,14-15H,2,8,10-11,17H2,1H3;1H/t14-,15+;/m1./s1. The molecular formula is C16H23ClN4O2S. The van der Waals surface area contributed by atoms with E-state index in [9.17, 15) is 8.42 Å². The van der Waals surface area contributed by atoms with Crippen molar-refractivity contribution in [3.63, 3.8) is 0 Å². The van der Waals surface area contributed by atoms with Crippen LogP contribution < -0.4 is 5.73 Å². The van der Waals surface area contributed by atoms with Gasteiger partial charge in [0.05, 0.1) is 12.5 Å². The molecule has 2 atom stereocenters. The number of aryl methyl sites for hydroxylation is 1. The van der Waals surface area contributed by atoms with E-state index in [1.54, 1.807) is 15.2 Å². The van der Waals surface area contributed by atoms with Gasteiger partial charge in [0.1, 0.15) is 0 Å². The van der Waals surface area contributed by atoms with Crippen LogP contribution in [0.5, 0.6) is 0 Å². The summed E-state index contributed by atoms with van der Waals surface area (Å²) < 4.78 is 29.1. The van der Waals surface area contributed by atoms with E-state index >= 15 is 0 Å². The lowest BCUT2D eigenvalue weighted by Gasteiger charge is -2.17. The molecule has 24 heavy (non-hydrogen) atoms.